The Morgan fingerprint density at radius 3 is 1.94 bits per heavy atom. The summed E-state index contributed by atoms with van der Waals surface area (Å²) < 4.78 is 35.9. The van der Waals surface area contributed by atoms with Crippen molar-refractivity contribution in [3.8, 4) is 39.7 Å². The molecule has 7 nitrogen and oxygen atoms in total. The molecular formula is C23H21N3O4S. The molecule has 8 heteroatoms. The van der Waals surface area contributed by atoms with Crippen LogP contribution in [0.15, 0.2) is 83.8 Å². The summed E-state index contributed by atoms with van der Waals surface area (Å²) in [7, 11) is -0.618. The first kappa shape index (κ1) is 20.6. The van der Waals surface area contributed by atoms with E-state index >= 15 is 0 Å². The Balaban J connectivity index is 1.88. The molecule has 2 N–H and O–H groups in total. The molecule has 0 radical (unpaired) electrons. The molecule has 1 aromatic heterocycles. The molecule has 31 heavy (non-hydrogen) atoms. The largest absolute Gasteiger partial charge is 0.497 e. The average molecular weight is 436 g/mol. The molecule has 3 aromatic carbocycles. The number of nitrogens with two attached hydrogens (primary N) is 1. The maximum absolute atomic E-state index is 11.9. The highest BCUT2D eigenvalue weighted by Gasteiger charge is 2.16. The lowest BCUT2D eigenvalue weighted by atomic mass is 10.1. The van der Waals surface area contributed by atoms with Gasteiger partial charge in [-0.25, -0.2) is 18.2 Å². The lowest BCUT2D eigenvalue weighted by Gasteiger charge is -2.09. The number of methoxy groups -OCH3 is 2. The van der Waals surface area contributed by atoms with Gasteiger partial charge in [0.15, 0.2) is 0 Å². The van der Waals surface area contributed by atoms with Crippen LogP contribution in [-0.2, 0) is 10.0 Å². The number of hydrogen-bond donors (Lipinski definition) is 1. The molecule has 0 bridgehead atoms. The fourth-order valence-electron chi connectivity index (χ4n) is 3.24. The summed E-state index contributed by atoms with van der Waals surface area (Å²) in [5, 5.41) is 10.1. The summed E-state index contributed by atoms with van der Waals surface area (Å²) in [4.78, 5) is 0.0205. The number of sulfonamides is 1. The summed E-state index contributed by atoms with van der Waals surface area (Å²) in [6.45, 7) is 0. The van der Waals surface area contributed by atoms with Crippen LogP contribution in [0.4, 0.5) is 0 Å². The second-order valence-electron chi connectivity index (χ2n) is 6.83. The van der Waals surface area contributed by atoms with Crippen LogP contribution >= 0.6 is 0 Å². The van der Waals surface area contributed by atoms with Crippen LogP contribution in [0.25, 0.3) is 28.2 Å². The van der Waals surface area contributed by atoms with E-state index in [9.17, 15) is 8.42 Å². The minimum absolute atomic E-state index is 0.0205. The summed E-state index contributed by atoms with van der Waals surface area (Å²) in [5.41, 5.74) is 3.90. The van der Waals surface area contributed by atoms with Crippen molar-refractivity contribution in [2.45, 2.75) is 4.90 Å². The van der Waals surface area contributed by atoms with Gasteiger partial charge in [-0.2, -0.15) is 5.10 Å². The van der Waals surface area contributed by atoms with Crippen LogP contribution in [0.2, 0.25) is 0 Å². The van der Waals surface area contributed by atoms with E-state index in [0.717, 1.165) is 34.0 Å². The van der Waals surface area contributed by atoms with Crippen molar-refractivity contribution >= 4 is 10.0 Å². The molecule has 0 atom stereocenters. The maximum Gasteiger partial charge on any atom is 0.238 e. The molecule has 4 aromatic rings. The molecule has 0 saturated carbocycles. The third-order valence-electron chi connectivity index (χ3n) is 4.87. The van der Waals surface area contributed by atoms with Crippen LogP contribution in [0.5, 0.6) is 11.5 Å². The number of primary sulfonamides is 1. The molecule has 0 spiro atoms. The fraction of sp³-hybridized carbons (Fsp3) is 0.0870. The molecule has 0 amide bonds. The number of nitrogens with zero attached hydrogens (tertiary/aromatic N) is 2. The van der Waals surface area contributed by atoms with E-state index in [2.05, 4.69) is 0 Å². The normalized spacial score (nSPS) is 11.3. The molecular weight excluding hydrogens is 414 g/mol. The zero-order valence-corrected chi connectivity index (χ0v) is 17.8. The molecule has 0 aliphatic heterocycles. The number of hydrogen-bond acceptors (Lipinski definition) is 5. The van der Waals surface area contributed by atoms with Crippen molar-refractivity contribution in [2.75, 3.05) is 14.2 Å². The monoisotopic (exact) mass is 435 g/mol. The summed E-state index contributed by atoms with van der Waals surface area (Å²) in [5.74, 6) is 1.49. The van der Waals surface area contributed by atoms with Crippen LogP contribution in [0, 0.1) is 0 Å². The zero-order valence-electron chi connectivity index (χ0n) is 17.0. The van der Waals surface area contributed by atoms with Gasteiger partial charge in [0, 0.05) is 11.1 Å². The van der Waals surface area contributed by atoms with Gasteiger partial charge in [0.05, 0.1) is 36.2 Å². The Bertz CT molecular complexity index is 1310. The molecule has 0 aliphatic carbocycles. The van der Waals surface area contributed by atoms with Crippen molar-refractivity contribution < 1.29 is 17.9 Å². The van der Waals surface area contributed by atoms with Gasteiger partial charge in [0.2, 0.25) is 10.0 Å². The first-order valence-corrected chi connectivity index (χ1v) is 11.0. The number of rotatable bonds is 6. The first-order chi connectivity index (χ1) is 14.9. The van der Waals surface area contributed by atoms with Gasteiger partial charge >= 0.3 is 0 Å². The van der Waals surface area contributed by atoms with Gasteiger partial charge < -0.3 is 9.47 Å². The lowest BCUT2D eigenvalue weighted by Crippen LogP contribution is -2.12. The highest BCUT2D eigenvalue weighted by Crippen LogP contribution is 2.31. The number of ether oxygens (including phenoxy) is 2. The quantitative estimate of drug-likeness (QED) is 0.496. The Hall–Kier alpha value is -3.62. The van der Waals surface area contributed by atoms with E-state index in [1.54, 1.807) is 31.0 Å². The molecule has 0 saturated heterocycles. The second-order valence-corrected chi connectivity index (χ2v) is 8.39. The van der Waals surface area contributed by atoms with Crippen LogP contribution in [-0.4, -0.2) is 32.4 Å². The second kappa shape index (κ2) is 8.25. The van der Waals surface area contributed by atoms with Crippen molar-refractivity contribution in [1.29, 1.82) is 0 Å². The van der Waals surface area contributed by atoms with Crippen LogP contribution < -0.4 is 14.6 Å². The predicted molar refractivity (Wildman–Crippen MR) is 119 cm³/mol. The summed E-state index contributed by atoms with van der Waals surface area (Å²) in [6.07, 6.45) is 0. The van der Waals surface area contributed by atoms with E-state index in [0.29, 0.717) is 5.69 Å². The highest BCUT2D eigenvalue weighted by molar-refractivity contribution is 7.89. The van der Waals surface area contributed by atoms with Gasteiger partial charge in [-0.05, 0) is 72.8 Å². The van der Waals surface area contributed by atoms with Crippen molar-refractivity contribution in [3.63, 3.8) is 0 Å². The predicted octanol–water partition coefficient (Wildman–Crippen LogP) is 3.87. The third-order valence-corrected chi connectivity index (χ3v) is 5.78. The first-order valence-electron chi connectivity index (χ1n) is 9.41. The van der Waals surface area contributed by atoms with Crippen LogP contribution in [0.3, 0.4) is 0 Å². The van der Waals surface area contributed by atoms with E-state index in [1.165, 1.54) is 12.1 Å². The summed E-state index contributed by atoms with van der Waals surface area (Å²) >= 11 is 0. The zero-order chi connectivity index (χ0) is 22.0. The highest BCUT2D eigenvalue weighted by atomic mass is 32.2. The van der Waals surface area contributed by atoms with Gasteiger partial charge in [-0.1, -0.05) is 6.07 Å². The van der Waals surface area contributed by atoms with Crippen molar-refractivity contribution in [2.24, 2.45) is 5.14 Å². The van der Waals surface area contributed by atoms with Gasteiger partial charge in [0.25, 0.3) is 0 Å². The Morgan fingerprint density at radius 1 is 0.806 bits per heavy atom. The minimum Gasteiger partial charge on any atom is -0.497 e. The van der Waals surface area contributed by atoms with Crippen LogP contribution in [0.1, 0.15) is 0 Å². The molecule has 0 aliphatic rings. The van der Waals surface area contributed by atoms with Gasteiger partial charge in [-0.15, -0.1) is 0 Å². The molecule has 0 unspecified atom stereocenters. The van der Waals surface area contributed by atoms with Gasteiger partial charge in [0.1, 0.15) is 11.5 Å². The average Bonchev–Trinajstić information content (AvgIpc) is 3.24. The van der Waals surface area contributed by atoms with E-state index in [4.69, 9.17) is 19.7 Å². The third kappa shape index (κ3) is 4.30. The summed E-state index contributed by atoms with van der Waals surface area (Å²) in [6, 6.07) is 23.5. The standard InChI is InChI=1S/C23H21N3O4S/c1-29-19-10-6-16(7-11-19)22-15-23(17-8-12-20(30-2)13-9-17)26(25-22)18-4-3-5-21(14-18)31(24,27)28/h3-15H,1-2H3,(H2,24,27,28). The Labute approximate surface area is 180 Å². The van der Waals surface area contributed by atoms with Crippen molar-refractivity contribution in [1.82, 2.24) is 9.78 Å². The van der Waals surface area contributed by atoms with Gasteiger partial charge in [-0.3, -0.25) is 0 Å². The molecule has 158 valence electrons. The lowest BCUT2D eigenvalue weighted by molar-refractivity contribution is 0.414. The minimum atomic E-state index is -3.84. The molecule has 4 rings (SSSR count). The maximum atomic E-state index is 11.9. The fourth-order valence-corrected chi connectivity index (χ4v) is 3.79. The number of aromatic nitrogens is 2. The molecule has 0 fully saturated rings. The van der Waals surface area contributed by atoms with Crippen molar-refractivity contribution in [3.05, 3.63) is 78.9 Å². The van der Waals surface area contributed by atoms with E-state index < -0.39 is 10.0 Å². The Morgan fingerprint density at radius 2 is 1.39 bits per heavy atom. The molecule has 1 heterocycles. The van der Waals surface area contributed by atoms with E-state index in [1.807, 2.05) is 54.6 Å². The Kier molecular flexibility index (Phi) is 5.50. The topological polar surface area (TPSA) is 96.4 Å². The SMILES string of the molecule is COc1ccc(-c2cc(-c3ccc(OC)cc3)n(-c3cccc(S(N)(=O)=O)c3)n2)cc1. The number of benzene rings is 3. The van der Waals surface area contributed by atoms with E-state index in [-0.39, 0.29) is 4.90 Å². The smallest absolute Gasteiger partial charge is 0.238 e.